The van der Waals surface area contributed by atoms with Gasteiger partial charge in [-0.1, -0.05) is 0 Å². The molecular formula is C13H13F3N2O6S. The lowest BCUT2D eigenvalue weighted by Gasteiger charge is -2.30. The lowest BCUT2D eigenvalue weighted by atomic mass is 9.99. The maximum absolute atomic E-state index is 13.2. The predicted octanol–water partition coefficient (Wildman–Crippen LogP) is 2.10. The summed E-state index contributed by atoms with van der Waals surface area (Å²) in [7, 11) is -4.57. The van der Waals surface area contributed by atoms with Gasteiger partial charge in [-0.2, -0.15) is 17.5 Å². The summed E-state index contributed by atoms with van der Waals surface area (Å²) in [6.07, 6.45) is -5.15. The Labute approximate surface area is 140 Å². The number of carboxylic acid groups (broad SMARTS) is 1. The summed E-state index contributed by atoms with van der Waals surface area (Å²) in [5, 5.41) is 19.6. The van der Waals surface area contributed by atoms with Gasteiger partial charge < -0.3 is 5.11 Å². The number of hydrogen-bond donors (Lipinski definition) is 1. The first-order valence-corrected chi connectivity index (χ1v) is 8.47. The zero-order valence-electron chi connectivity index (χ0n) is 12.6. The highest BCUT2D eigenvalue weighted by Crippen LogP contribution is 2.38. The quantitative estimate of drug-likeness (QED) is 0.629. The second kappa shape index (κ2) is 6.59. The molecule has 25 heavy (non-hydrogen) atoms. The SMILES string of the molecule is O=C(O)C1CCN(S(=O)(=O)c2ccc([N+](=O)[O-])cc2C(F)(F)F)CC1. The highest BCUT2D eigenvalue weighted by atomic mass is 32.2. The highest BCUT2D eigenvalue weighted by molar-refractivity contribution is 7.89. The van der Waals surface area contributed by atoms with E-state index in [0.717, 1.165) is 4.31 Å². The molecule has 0 amide bonds. The number of alkyl halides is 3. The van der Waals surface area contributed by atoms with E-state index in [1.165, 1.54) is 0 Å². The largest absolute Gasteiger partial charge is 0.481 e. The van der Waals surface area contributed by atoms with Crippen molar-refractivity contribution in [3.05, 3.63) is 33.9 Å². The fourth-order valence-electron chi connectivity index (χ4n) is 2.56. The number of piperidine rings is 1. The normalized spacial score (nSPS) is 17.4. The Hall–Kier alpha value is -2.21. The summed E-state index contributed by atoms with van der Waals surface area (Å²) in [4.78, 5) is 19.4. The monoisotopic (exact) mass is 382 g/mol. The average Bonchev–Trinajstić information content (AvgIpc) is 2.53. The van der Waals surface area contributed by atoms with Gasteiger partial charge in [-0.25, -0.2) is 8.42 Å². The molecule has 0 atom stereocenters. The fourth-order valence-corrected chi connectivity index (χ4v) is 4.22. The molecule has 138 valence electrons. The number of carbonyl (C=O) groups is 1. The van der Waals surface area contributed by atoms with Crippen LogP contribution in [0, 0.1) is 16.0 Å². The number of nitrogens with zero attached hydrogens (tertiary/aromatic N) is 2. The molecule has 8 nitrogen and oxygen atoms in total. The van der Waals surface area contributed by atoms with Crippen molar-refractivity contribution in [2.75, 3.05) is 13.1 Å². The van der Waals surface area contributed by atoms with Crippen molar-refractivity contribution in [3.63, 3.8) is 0 Å². The second-order valence-corrected chi connectivity index (χ2v) is 7.36. The molecule has 0 saturated carbocycles. The summed E-state index contributed by atoms with van der Waals surface area (Å²) in [6.45, 7) is -0.485. The Morgan fingerprint density at radius 1 is 1.28 bits per heavy atom. The number of benzene rings is 1. The lowest BCUT2D eigenvalue weighted by molar-refractivity contribution is -0.385. The molecule has 1 saturated heterocycles. The van der Waals surface area contributed by atoms with Gasteiger partial charge in [-0.3, -0.25) is 14.9 Å². The van der Waals surface area contributed by atoms with Crippen molar-refractivity contribution < 1.29 is 36.4 Å². The molecular weight excluding hydrogens is 369 g/mol. The van der Waals surface area contributed by atoms with Crippen LogP contribution in [0.2, 0.25) is 0 Å². The van der Waals surface area contributed by atoms with Gasteiger partial charge in [0, 0.05) is 25.2 Å². The maximum atomic E-state index is 13.2. The molecule has 0 unspecified atom stereocenters. The molecule has 1 heterocycles. The Bertz CT molecular complexity index is 800. The first-order chi connectivity index (χ1) is 11.4. The number of halogens is 3. The van der Waals surface area contributed by atoms with E-state index < -0.39 is 49.2 Å². The number of rotatable bonds is 4. The molecule has 12 heteroatoms. The Morgan fingerprint density at radius 3 is 2.28 bits per heavy atom. The van der Waals surface area contributed by atoms with Gasteiger partial charge in [0.05, 0.1) is 21.3 Å². The molecule has 1 N–H and O–H groups in total. The number of nitro groups is 1. The van der Waals surface area contributed by atoms with Crippen LogP contribution in [-0.4, -0.2) is 41.8 Å². The third-order valence-electron chi connectivity index (χ3n) is 3.90. The van der Waals surface area contributed by atoms with E-state index in [1.54, 1.807) is 0 Å². The van der Waals surface area contributed by atoms with E-state index in [4.69, 9.17) is 5.11 Å². The van der Waals surface area contributed by atoms with Crippen LogP contribution in [0.5, 0.6) is 0 Å². The van der Waals surface area contributed by atoms with E-state index in [-0.39, 0.29) is 32.0 Å². The molecule has 1 aromatic carbocycles. The topological polar surface area (TPSA) is 118 Å². The molecule has 2 rings (SSSR count). The standard InChI is InChI=1S/C13H13F3N2O6S/c14-13(15,16)10-7-9(18(21)22)1-2-11(10)25(23,24)17-5-3-8(4-6-17)12(19)20/h1-2,7-8H,3-6H2,(H,19,20). The Kier molecular flexibility index (Phi) is 5.04. The van der Waals surface area contributed by atoms with E-state index in [2.05, 4.69) is 0 Å². The van der Waals surface area contributed by atoms with Crippen molar-refractivity contribution in [2.45, 2.75) is 23.9 Å². The number of non-ortho nitro benzene ring substituents is 1. The van der Waals surface area contributed by atoms with Crippen LogP contribution < -0.4 is 0 Å². The minimum absolute atomic E-state index is 0.0249. The summed E-state index contributed by atoms with van der Waals surface area (Å²) in [5.74, 6) is -1.85. The van der Waals surface area contributed by atoms with Crippen molar-refractivity contribution in [2.24, 2.45) is 5.92 Å². The van der Waals surface area contributed by atoms with Gasteiger partial charge in [0.2, 0.25) is 10.0 Å². The summed E-state index contributed by atoms with van der Waals surface area (Å²) >= 11 is 0. The maximum Gasteiger partial charge on any atom is 0.417 e. The van der Waals surface area contributed by atoms with Gasteiger partial charge >= 0.3 is 12.1 Å². The van der Waals surface area contributed by atoms with Crippen LogP contribution in [0.25, 0.3) is 0 Å². The minimum atomic E-state index is -5.10. The molecule has 1 fully saturated rings. The summed E-state index contributed by atoms with van der Waals surface area (Å²) in [6, 6.07) is 1.42. The van der Waals surface area contributed by atoms with Crippen molar-refractivity contribution in [1.29, 1.82) is 0 Å². The predicted molar refractivity (Wildman–Crippen MR) is 77.2 cm³/mol. The van der Waals surface area contributed by atoms with E-state index in [1.807, 2.05) is 0 Å². The van der Waals surface area contributed by atoms with Crippen LogP contribution in [0.4, 0.5) is 18.9 Å². The average molecular weight is 382 g/mol. The second-order valence-electron chi connectivity index (χ2n) is 5.45. The zero-order chi connectivity index (χ0) is 19.0. The van der Waals surface area contributed by atoms with Gasteiger partial charge in [0.25, 0.3) is 5.69 Å². The number of sulfonamides is 1. The van der Waals surface area contributed by atoms with Crippen LogP contribution in [0.1, 0.15) is 18.4 Å². The van der Waals surface area contributed by atoms with Gasteiger partial charge in [-0.15, -0.1) is 0 Å². The number of carboxylic acids is 1. The van der Waals surface area contributed by atoms with Crippen molar-refractivity contribution >= 4 is 21.7 Å². The highest BCUT2D eigenvalue weighted by Gasteiger charge is 2.41. The lowest BCUT2D eigenvalue weighted by Crippen LogP contribution is -2.40. The Morgan fingerprint density at radius 2 is 1.84 bits per heavy atom. The molecule has 0 aromatic heterocycles. The van der Waals surface area contributed by atoms with E-state index in [0.29, 0.717) is 12.1 Å². The smallest absolute Gasteiger partial charge is 0.417 e. The number of aliphatic carboxylic acids is 1. The molecule has 1 aromatic rings. The third-order valence-corrected chi connectivity index (χ3v) is 5.86. The van der Waals surface area contributed by atoms with Gasteiger partial charge in [0.1, 0.15) is 0 Å². The zero-order valence-corrected chi connectivity index (χ0v) is 13.4. The van der Waals surface area contributed by atoms with Crippen LogP contribution in [0.15, 0.2) is 23.1 Å². The molecule has 1 aliphatic rings. The Balaban J connectivity index is 2.43. The van der Waals surface area contributed by atoms with Crippen molar-refractivity contribution in [1.82, 2.24) is 4.31 Å². The minimum Gasteiger partial charge on any atom is -0.481 e. The summed E-state index contributed by atoms with van der Waals surface area (Å²) < 4.78 is 65.3. The van der Waals surface area contributed by atoms with Gasteiger partial charge in [0.15, 0.2) is 0 Å². The van der Waals surface area contributed by atoms with E-state index >= 15 is 0 Å². The van der Waals surface area contributed by atoms with Crippen LogP contribution in [0.3, 0.4) is 0 Å². The first kappa shape index (κ1) is 19.1. The number of nitro benzene ring substituents is 1. The van der Waals surface area contributed by atoms with E-state index in [9.17, 15) is 36.5 Å². The molecule has 0 aliphatic carbocycles. The summed E-state index contributed by atoms with van der Waals surface area (Å²) in [5.41, 5.74) is -2.50. The fraction of sp³-hybridized carbons (Fsp3) is 0.462. The third kappa shape index (κ3) is 3.90. The number of hydrogen-bond acceptors (Lipinski definition) is 5. The van der Waals surface area contributed by atoms with Crippen molar-refractivity contribution in [3.8, 4) is 0 Å². The molecule has 0 spiro atoms. The van der Waals surface area contributed by atoms with Crippen LogP contribution >= 0.6 is 0 Å². The van der Waals surface area contributed by atoms with Gasteiger partial charge in [-0.05, 0) is 18.9 Å². The van der Waals surface area contributed by atoms with Crippen LogP contribution in [-0.2, 0) is 21.0 Å². The first-order valence-electron chi connectivity index (χ1n) is 7.03. The molecule has 0 radical (unpaired) electrons. The molecule has 0 bridgehead atoms. The molecule has 1 aliphatic heterocycles.